The number of hydrogen-bond acceptors (Lipinski definition) is 1. The van der Waals surface area contributed by atoms with Crippen molar-refractivity contribution in [1.82, 2.24) is 0 Å². The monoisotopic (exact) mass is 428 g/mol. The Bertz CT molecular complexity index is 1040. The highest BCUT2D eigenvalue weighted by atomic mass is 35.5. The van der Waals surface area contributed by atoms with Gasteiger partial charge in [0.2, 0.25) is 0 Å². The van der Waals surface area contributed by atoms with E-state index in [1.165, 1.54) is 36.4 Å². The van der Waals surface area contributed by atoms with Crippen LogP contribution in [0.4, 0.5) is 13.2 Å². The lowest BCUT2D eigenvalue weighted by molar-refractivity contribution is 0.440. The molecule has 1 unspecified atom stereocenters. The van der Waals surface area contributed by atoms with Crippen LogP contribution in [0.15, 0.2) is 78.6 Å². The van der Waals surface area contributed by atoms with Crippen LogP contribution in [-0.2, 0) is 6.42 Å². The summed E-state index contributed by atoms with van der Waals surface area (Å²) in [6.07, 6.45) is 3.86. The Morgan fingerprint density at radius 1 is 1.00 bits per heavy atom. The molecule has 0 spiro atoms. The molecule has 1 fully saturated rings. The van der Waals surface area contributed by atoms with Gasteiger partial charge in [-0.05, 0) is 90.9 Å². The number of benzene rings is 3. The van der Waals surface area contributed by atoms with Gasteiger partial charge >= 0.3 is 0 Å². The number of allylic oxidation sites excluding steroid dienone is 2. The van der Waals surface area contributed by atoms with Gasteiger partial charge in [-0.2, -0.15) is 0 Å². The van der Waals surface area contributed by atoms with Crippen LogP contribution in [0.3, 0.4) is 0 Å². The average molecular weight is 429 g/mol. The van der Waals surface area contributed by atoms with Crippen LogP contribution in [-0.4, -0.2) is 0 Å². The Morgan fingerprint density at radius 2 is 1.70 bits per heavy atom. The fraction of sp³-hybridized carbons (Fsp3) is 0.200. The van der Waals surface area contributed by atoms with Crippen LogP contribution < -0.4 is 4.74 Å². The largest absolute Gasteiger partial charge is 0.454 e. The number of rotatable bonds is 7. The topological polar surface area (TPSA) is 9.23 Å². The van der Waals surface area contributed by atoms with Crippen molar-refractivity contribution in [3.05, 3.63) is 106 Å². The first kappa shape index (κ1) is 20.5. The van der Waals surface area contributed by atoms with Crippen molar-refractivity contribution >= 4 is 11.6 Å². The molecule has 1 atom stereocenters. The molecule has 3 aromatic rings. The summed E-state index contributed by atoms with van der Waals surface area (Å²) in [7, 11) is 0. The number of hydrogen-bond donors (Lipinski definition) is 0. The number of ether oxygens (including phenoxy) is 1. The molecule has 0 aliphatic heterocycles. The molecule has 30 heavy (non-hydrogen) atoms. The zero-order chi connectivity index (χ0) is 21.1. The van der Waals surface area contributed by atoms with Gasteiger partial charge in [-0.15, -0.1) is 0 Å². The van der Waals surface area contributed by atoms with Crippen molar-refractivity contribution in [2.45, 2.75) is 25.2 Å². The highest BCUT2D eigenvalue weighted by Gasteiger charge is 2.35. The van der Waals surface area contributed by atoms with E-state index in [0.29, 0.717) is 28.7 Å². The Balaban J connectivity index is 1.51. The molecule has 154 valence electrons. The fourth-order valence-corrected chi connectivity index (χ4v) is 3.61. The van der Waals surface area contributed by atoms with E-state index in [1.54, 1.807) is 24.3 Å². The predicted octanol–water partition coefficient (Wildman–Crippen LogP) is 8.00. The normalized spacial score (nSPS) is 15.1. The van der Waals surface area contributed by atoms with Gasteiger partial charge in [-0.25, -0.2) is 13.2 Å². The van der Waals surface area contributed by atoms with Crippen molar-refractivity contribution in [3.63, 3.8) is 0 Å². The van der Waals surface area contributed by atoms with E-state index >= 15 is 4.39 Å². The third kappa shape index (κ3) is 5.06. The Kier molecular flexibility index (Phi) is 6.14. The van der Waals surface area contributed by atoms with Crippen molar-refractivity contribution in [2.75, 3.05) is 0 Å². The van der Waals surface area contributed by atoms with E-state index in [1.807, 2.05) is 12.1 Å². The third-order valence-electron chi connectivity index (χ3n) is 5.19. The third-order valence-corrected chi connectivity index (χ3v) is 5.44. The highest BCUT2D eigenvalue weighted by Crippen LogP contribution is 2.47. The van der Waals surface area contributed by atoms with Crippen LogP contribution >= 0.6 is 11.6 Å². The lowest BCUT2D eigenvalue weighted by Gasteiger charge is -2.15. The first-order valence-electron chi connectivity index (χ1n) is 9.82. The molecule has 0 radical (unpaired) electrons. The summed E-state index contributed by atoms with van der Waals surface area (Å²) >= 11 is 5.96. The lowest BCUT2D eigenvalue weighted by Crippen LogP contribution is -2.03. The second-order valence-electron chi connectivity index (χ2n) is 7.48. The molecular weight excluding hydrogens is 409 g/mol. The van der Waals surface area contributed by atoms with Gasteiger partial charge in [0, 0.05) is 10.9 Å². The summed E-state index contributed by atoms with van der Waals surface area (Å²) < 4.78 is 47.8. The zero-order valence-corrected chi connectivity index (χ0v) is 16.9. The van der Waals surface area contributed by atoms with Crippen molar-refractivity contribution < 1.29 is 17.9 Å². The molecule has 5 heteroatoms. The summed E-state index contributed by atoms with van der Waals surface area (Å²) in [4.78, 5) is 0. The van der Waals surface area contributed by atoms with Gasteiger partial charge in [0.1, 0.15) is 17.4 Å². The number of halogens is 4. The lowest BCUT2D eigenvalue weighted by atomic mass is 9.92. The minimum atomic E-state index is -0.537. The molecule has 4 rings (SSSR count). The molecule has 0 amide bonds. The summed E-state index contributed by atoms with van der Waals surface area (Å²) in [5.41, 5.74) is 1.63. The highest BCUT2D eigenvalue weighted by molar-refractivity contribution is 6.30. The Hall–Kier alpha value is -2.72. The summed E-state index contributed by atoms with van der Waals surface area (Å²) in [6.45, 7) is 0. The molecule has 3 aromatic carbocycles. The Labute approximate surface area is 178 Å². The van der Waals surface area contributed by atoms with Crippen LogP contribution in [0.25, 0.3) is 0 Å². The smallest absolute Gasteiger partial charge is 0.165 e. The predicted molar refractivity (Wildman–Crippen MR) is 113 cm³/mol. The van der Waals surface area contributed by atoms with E-state index < -0.39 is 11.6 Å². The molecule has 1 nitrogen and oxygen atoms in total. The summed E-state index contributed by atoms with van der Waals surface area (Å²) in [5.74, 6) is -0.765. The molecule has 0 aromatic heterocycles. The minimum Gasteiger partial charge on any atom is -0.454 e. The van der Waals surface area contributed by atoms with E-state index in [2.05, 4.69) is 0 Å². The fourth-order valence-electron chi connectivity index (χ4n) is 3.48. The maximum atomic E-state index is 15.1. The van der Waals surface area contributed by atoms with E-state index in [4.69, 9.17) is 16.3 Å². The first-order chi connectivity index (χ1) is 14.5. The molecular formula is C25H20ClF3O. The van der Waals surface area contributed by atoms with Gasteiger partial charge in [-0.3, -0.25) is 0 Å². The summed E-state index contributed by atoms with van der Waals surface area (Å²) in [5, 5.41) is 0.623. The molecule has 1 aliphatic rings. The van der Waals surface area contributed by atoms with Crippen molar-refractivity contribution in [3.8, 4) is 11.5 Å². The maximum absolute atomic E-state index is 15.1. The van der Waals surface area contributed by atoms with Gasteiger partial charge < -0.3 is 4.74 Å². The second-order valence-corrected chi connectivity index (χ2v) is 7.92. The van der Waals surface area contributed by atoms with Crippen LogP contribution in [0.1, 0.15) is 29.9 Å². The van der Waals surface area contributed by atoms with E-state index in [-0.39, 0.29) is 17.5 Å². The molecule has 0 heterocycles. The van der Waals surface area contributed by atoms with E-state index in [0.717, 1.165) is 18.4 Å². The van der Waals surface area contributed by atoms with Gasteiger partial charge in [0.15, 0.2) is 11.6 Å². The maximum Gasteiger partial charge on any atom is 0.165 e. The van der Waals surface area contributed by atoms with Crippen molar-refractivity contribution in [2.24, 2.45) is 5.92 Å². The molecule has 0 N–H and O–H groups in total. The minimum absolute atomic E-state index is 0.0179. The zero-order valence-electron chi connectivity index (χ0n) is 16.1. The Morgan fingerprint density at radius 3 is 2.37 bits per heavy atom. The average Bonchev–Trinajstić information content (AvgIpc) is 3.57. The molecule has 0 saturated heterocycles. The second kappa shape index (κ2) is 8.97. The van der Waals surface area contributed by atoms with Crippen LogP contribution in [0.2, 0.25) is 5.02 Å². The standard InChI is InChI=1S/C25H20ClF3O/c26-19-7-5-18(6-8-19)25(17-3-4-17)23(29)14-2-16-1-13-22(28)24(15-16)30-21-11-9-20(27)10-12-21/h1,5-15,17,25H,2-4H2. The SMILES string of the molecule is FC(=CCc1ccc(F)c(Oc2ccc(F)cc2)c1)C(c1ccc(Cl)cc1)C1CC1. The van der Waals surface area contributed by atoms with Crippen LogP contribution in [0, 0.1) is 17.6 Å². The van der Waals surface area contributed by atoms with Crippen molar-refractivity contribution in [1.29, 1.82) is 0 Å². The quantitative estimate of drug-likeness (QED) is 0.370. The van der Waals surface area contributed by atoms with Gasteiger partial charge in [0.25, 0.3) is 0 Å². The molecule has 1 aliphatic carbocycles. The van der Waals surface area contributed by atoms with Gasteiger partial charge in [-0.1, -0.05) is 29.8 Å². The summed E-state index contributed by atoms with van der Waals surface area (Å²) in [6, 6.07) is 17.0. The van der Waals surface area contributed by atoms with Gasteiger partial charge in [0.05, 0.1) is 0 Å². The first-order valence-corrected chi connectivity index (χ1v) is 10.2. The van der Waals surface area contributed by atoms with Crippen LogP contribution in [0.5, 0.6) is 11.5 Å². The molecule has 1 saturated carbocycles. The van der Waals surface area contributed by atoms with E-state index in [9.17, 15) is 8.78 Å². The molecule has 0 bridgehead atoms.